The number of nitrogens with one attached hydrogen (secondary N) is 1. The lowest BCUT2D eigenvalue weighted by molar-refractivity contribution is 0.194. The normalized spacial score (nSPS) is 18.5. The highest BCUT2D eigenvalue weighted by atomic mass is 35.5. The summed E-state index contributed by atoms with van der Waals surface area (Å²) in [5, 5.41) is 4.24. The third kappa shape index (κ3) is 3.44. The van der Waals surface area contributed by atoms with E-state index in [1.54, 1.807) is 0 Å². The maximum Gasteiger partial charge on any atom is 0.0438 e. The number of likely N-dealkylation sites (tertiary alicyclic amines) is 1. The Bertz CT molecular complexity index is 370. The van der Waals surface area contributed by atoms with Crippen molar-refractivity contribution in [2.75, 3.05) is 20.1 Å². The lowest BCUT2D eigenvalue weighted by Gasteiger charge is -2.31. The minimum Gasteiger partial charge on any atom is -0.317 e. The van der Waals surface area contributed by atoms with E-state index in [-0.39, 0.29) is 0 Å². The molecule has 94 valence electrons. The van der Waals surface area contributed by atoms with Crippen molar-refractivity contribution >= 4 is 11.6 Å². The van der Waals surface area contributed by atoms with Crippen molar-refractivity contribution in [2.24, 2.45) is 0 Å². The Kier molecular flexibility index (Phi) is 4.43. The summed E-state index contributed by atoms with van der Waals surface area (Å²) in [5.74, 6) is 0. The number of piperidine rings is 1. The molecule has 0 atom stereocenters. The van der Waals surface area contributed by atoms with Crippen LogP contribution in [0.15, 0.2) is 18.2 Å². The summed E-state index contributed by atoms with van der Waals surface area (Å²) in [4.78, 5) is 2.51. The van der Waals surface area contributed by atoms with Crippen LogP contribution in [0.2, 0.25) is 5.02 Å². The molecule has 0 aromatic heterocycles. The largest absolute Gasteiger partial charge is 0.317 e. The highest BCUT2D eigenvalue weighted by molar-refractivity contribution is 6.31. The lowest BCUT2D eigenvalue weighted by Crippen LogP contribution is -2.40. The van der Waals surface area contributed by atoms with E-state index in [9.17, 15) is 0 Å². The first-order valence-electron chi connectivity index (χ1n) is 6.33. The van der Waals surface area contributed by atoms with Gasteiger partial charge in [0.15, 0.2) is 0 Å². The smallest absolute Gasteiger partial charge is 0.0438 e. The molecule has 1 N–H and O–H groups in total. The Labute approximate surface area is 109 Å². The number of aryl methyl sites for hydroxylation is 1. The molecule has 0 radical (unpaired) electrons. The van der Waals surface area contributed by atoms with Crippen molar-refractivity contribution in [2.45, 2.75) is 32.4 Å². The van der Waals surface area contributed by atoms with Crippen LogP contribution in [0.3, 0.4) is 0 Å². The first kappa shape index (κ1) is 12.9. The minimum atomic E-state index is 0.702. The summed E-state index contributed by atoms with van der Waals surface area (Å²) < 4.78 is 0. The van der Waals surface area contributed by atoms with Gasteiger partial charge in [-0.2, -0.15) is 0 Å². The van der Waals surface area contributed by atoms with Gasteiger partial charge in [-0.25, -0.2) is 0 Å². The Morgan fingerprint density at radius 3 is 2.65 bits per heavy atom. The second kappa shape index (κ2) is 5.85. The molecule has 0 aliphatic carbocycles. The van der Waals surface area contributed by atoms with Crippen molar-refractivity contribution in [1.29, 1.82) is 0 Å². The van der Waals surface area contributed by atoms with Gasteiger partial charge in [-0.15, -0.1) is 0 Å². The van der Waals surface area contributed by atoms with Crippen molar-refractivity contribution in [1.82, 2.24) is 10.2 Å². The molecule has 1 aliphatic heterocycles. The number of hydrogen-bond donors (Lipinski definition) is 1. The summed E-state index contributed by atoms with van der Waals surface area (Å²) >= 11 is 6.15. The fourth-order valence-corrected chi connectivity index (χ4v) is 2.58. The maximum atomic E-state index is 6.15. The number of nitrogens with zero attached hydrogens (tertiary/aromatic N) is 1. The molecule has 2 rings (SSSR count). The van der Waals surface area contributed by atoms with Crippen LogP contribution in [0.25, 0.3) is 0 Å². The molecule has 0 saturated carbocycles. The van der Waals surface area contributed by atoms with Crippen LogP contribution in [0, 0.1) is 6.92 Å². The second-order valence-electron chi connectivity index (χ2n) is 4.92. The SMILES string of the molecule is CNC1CCN(Cc2ccc(C)c(Cl)c2)CC1. The average Bonchev–Trinajstić information content (AvgIpc) is 2.35. The molecule has 0 bridgehead atoms. The zero-order valence-corrected chi connectivity index (χ0v) is 11.4. The van der Waals surface area contributed by atoms with Crippen LogP contribution in [0.1, 0.15) is 24.0 Å². The Morgan fingerprint density at radius 1 is 1.35 bits per heavy atom. The molecule has 0 unspecified atom stereocenters. The first-order chi connectivity index (χ1) is 8.19. The zero-order valence-electron chi connectivity index (χ0n) is 10.7. The van der Waals surface area contributed by atoms with Crippen LogP contribution in [0.4, 0.5) is 0 Å². The van der Waals surface area contributed by atoms with Crippen LogP contribution in [-0.2, 0) is 6.54 Å². The van der Waals surface area contributed by atoms with E-state index in [2.05, 4.69) is 35.5 Å². The van der Waals surface area contributed by atoms with Gasteiger partial charge in [0, 0.05) is 17.6 Å². The third-order valence-corrected chi connectivity index (χ3v) is 4.05. The highest BCUT2D eigenvalue weighted by Crippen LogP contribution is 2.19. The third-order valence-electron chi connectivity index (χ3n) is 3.64. The Balaban J connectivity index is 1.91. The second-order valence-corrected chi connectivity index (χ2v) is 5.33. The van der Waals surface area contributed by atoms with Gasteiger partial charge in [-0.05, 0) is 57.1 Å². The van der Waals surface area contributed by atoms with E-state index in [0.717, 1.165) is 17.1 Å². The summed E-state index contributed by atoms with van der Waals surface area (Å²) in [6.07, 6.45) is 2.49. The molecule has 1 fully saturated rings. The van der Waals surface area contributed by atoms with E-state index in [1.807, 2.05) is 6.92 Å². The van der Waals surface area contributed by atoms with E-state index >= 15 is 0 Å². The Hall–Kier alpha value is -0.570. The maximum absolute atomic E-state index is 6.15. The van der Waals surface area contributed by atoms with Crippen molar-refractivity contribution in [3.8, 4) is 0 Å². The van der Waals surface area contributed by atoms with Gasteiger partial charge in [0.1, 0.15) is 0 Å². The van der Waals surface area contributed by atoms with E-state index in [0.29, 0.717) is 6.04 Å². The molecule has 1 aromatic carbocycles. The molecule has 1 aromatic rings. The summed E-state index contributed by atoms with van der Waals surface area (Å²) in [6.45, 7) is 5.43. The molecule has 17 heavy (non-hydrogen) atoms. The Morgan fingerprint density at radius 2 is 2.06 bits per heavy atom. The molecular weight excluding hydrogens is 232 g/mol. The fraction of sp³-hybridized carbons (Fsp3) is 0.571. The first-order valence-corrected chi connectivity index (χ1v) is 6.71. The summed E-state index contributed by atoms with van der Waals surface area (Å²) in [5.41, 5.74) is 2.48. The molecule has 0 amide bonds. The molecular formula is C14H21ClN2. The van der Waals surface area contributed by atoms with Crippen molar-refractivity contribution < 1.29 is 0 Å². The molecule has 2 nitrogen and oxygen atoms in total. The topological polar surface area (TPSA) is 15.3 Å². The number of halogens is 1. The van der Waals surface area contributed by atoms with Crippen molar-refractivity contribution in [3.05, 3.63) is 34.3 Å². The molecule has 1 aliphatic rings. The number of rotatable bonds is 3. The van der Waals surface area contributed by atoms with Gasteiger partial charge >= 0.3 is 0 Å². The van der Waals surface area contributed by atoms with Gasteiger partial charge < -0.3 is 5.32 Å². The van der Waals surface area contributed by atoms with Crippen LogP contribution >= 0.6 is 11.6 Å². The van der Waals surface area contributed by atoms with Gasteiger partial charge in [0.05, 0.1) is 0 Å². The summed E-state index contributed by atoms with van der Waals surface area (Å²) in [6, 6.07) is 7.10. The molecule has 3 heteroatoms. The standard InChI is InChI=1S/C14H21ClN2/c1-11-3-4-12(9-14(11)15)10-17-7-5-13(16-2)6-8-17/h3-4,9,13,16H,5-8,10H2,1-2H3. The van der Waals surface area contributed by atoms with Crippen LogP contribution < -0.4 is 5.32 Å². The van der Waals surface area contributed by atoms with Crippen molar-refractivity contribution in [3.63, 3.8) is 0 Å². The van der Waals surface area contributed by atoms with Gasteiger partial charge in [-0.3, -0.25) is 4.90 Å². The van der Waals surface area contributed by atoms with Crippen LogP contribution in [0.5, 0.6) is 0 Å². The average molecular weight is 253 g/mol. The van der Waals surface area contributed by atoms with E-state index in [1.165, 1.54) is 31.5 Å². The minimum absolute atomic E-state index is 0.702. The fourth-order valence-electron chi connectivity index (χ4n) is 2.37. The number of hydrogen-bond acceptors (Lipinski definition) is 2. The van der Waals surface area contributed by atoms with Crippen LogP contribution in [-0.4, -0.2) is 31.1 Å². The lowest BCUT2D eigenvalue weighted by atomic mass is 10.0. The predicted molar refractivity (Wildman–Crippen MR) is 73.5 cm³/mol. The predicted octanol–water partition coefficient (Wildman–Crippen LogP) is 2.83. The highest BCUT2D eigenvalue weighted by Gasteiger charge is 2.17. The van der Waals surface area contributed by atoms with Gasteiger partial charge in [-0.1, -0.05) is 23.7 Å². The summed E-state index contributed by atoms with van der Waals surface area (Å²) in [7, 11) is 2.06. The zero-order chi connectivity index (χ0) is 12.3. The van der Waals surface area contributed by atoms with Gasteiger partial charge in [0.2, 0.25) is 0 Å². The molecule has 0 spiro atoms. The van der Waals surface area contributed by atoms with E-state index in [4.69, 9.17) is 11.6 Å². The quantitative estimate of drug-likeness (QED) is 0.890. The van der Waals surface area contributed by atoms with Gasteiger partial charge in [0.25, 0.3) is 0 Å². The number of benzene rings is 1. The molecule has 1 saturated heterocycles. The monoisotopic (exact) mass is 252 g/mol. The molecule has 1 heterocycles. The van der Waals surface area contributed by atoms with E-state index < -0.39 is 0 Å².